The zero-order valence-corrected chi connectivity index (χ0v) is 8.89. The summed E-state index contributed by atoms with van der Waals surface area (Å²) < 4.78 is 1.92. The van der Waals surface area contributed by atoms with Crippen molar-refractivity contribution >= 4 is 16.9 Å². The molecule has 0 spiro atoms. The van der Waals surface area contributed by atoms with Crippen molar-refractivity contribution in [1.82, 2.24) is 4.57 Å². The van der Waals surface area contributed by atoms with Gasteiger partial charge in [0.1, 0.15) is 5.54 Å². The van der Waals surface area contributed by atoms with Crippen molar-refractivity contribution < 1.29 is 9.90 Å². The number of carboxylic acid groups (broad SMARTS) is 1. The Morgan fingerprint density at radius 2 is 2.00 bits per heavy atom. The predicted octanol–water partition coefficient (Wildman–Crippen LogP) is 2.61. The van der Waals surface area contributed by atoms with Gasteiger partial charge in [0.2, 0.25) is 0 Å². The van der Waals surface area contributed by atoms with Crippen molar-refractivity contribution in [3.63, 3.8) is 0 Å². The van der Waals surface area contributed by atoms with Gasteiger partial charge in [0.15, 0.2) is 0 Å². The molecule has 3 heteroatoms. The Hall–Kier alpha value is -1.77. The molecule has 0 atom stereocenters. The molecule has 1 saturated carbocycles. The standard InChI is InChI=1S/C13H13NO2/c15-12(16)13(7-3-8-13)14-9-6-10-4-1-2-5-11(10)14/h1-2,4-6,9H,3,7-8H2,(H,15,16). The summed E-state index contributed by atoms with van der Waals surface area (Å²) in [5.41, 5.74) is 0.327. The minimum absolute atomic E-state index is 0.691. The monoisotopic (exact) mass is 215 g/mol. The van der Waals surface area contributed by atoms with E-state index in [0.717, 1.165) is 30.2 Å². The Balaban J connectivity index is 2.22. The molecule has 1 heterocycles. The number of hydrogen-bond acceptors (Lipinski definition) is 1. The van der Waals surface area contributed by atoms with E-state index in [4.69, 9.17) is 0 Å². The van der Waals surface area contributed by atoms with Crippen molar-refractivity contribution in [2.45, 2.75) is 24.8 Å². The SMILES string of the molecule is O=C(O)C1(n2ccc3ccccc32)CCC1. The Morgan fingerprint density at radius 3 is 2.62 bits per heavy atom. The first-order valence-corrected chi connectivity index (χ1v) is 5.54. The fourth-order valence-electron chi connectivity index (χ4n) is 2.53. The zero-order valence-electron chi connectivity index (χ0n) is 8.89. The normalized spacial score (nSPS) is 18.2. The van der Waals surface area contributed by atoms with Crippen LogP contribution in [0.4, 0.5) is 0 Å². The molecule has 0 aliphatic heterocycles. The number of para-hydroxylation sites is 1. The van der Waals surface area contributed by atoms with Crippen LogP contribution in [0.15, 0.2) is 36.5 Å². The summed E-state index contributed by atoms with van der Waals surface area (Å²) in [5.74, 6) is -0.708. The van der Waals surface area contributed by atoms with Crippen LogP contribution in [0.1, 0.15) is 19.3 Å². The maximum absolute atomic E-state index is 11.4. The number of benzene rings is 1. The fraction of sp³-hybridized carbons (Fsp3) is 0.308. The molecule has 1 aliphatic carbocycles. The molecule has 1 aromatic heterocycles. The second-order valence-corrected chi connectivity index (χ2v) is 4.43. The van der Waals surface area contributed by atoms with Crippen LogP contribution in [0, 0.1) is 0 Å². The molecule has 16 heavy (non-hydrogen) atoms. The molecule has 0 unspecified atom stereocenters. The number of aliphatic carboxylic acids is 1. The largest absolute Gasteiger partial charge is 0.479 e. The van der Waals surface area contributed by atoms with Gasteiger partial charge in [-0.3, -0.25) is 0 Å². The van der Waals surface area contributed by atoms with E-state index in [9.17, 15) is 9.90 Å². The second kappa shape index (κ2) is 3.11. The predicted molar refractivity (Wildman–Crippen MR) is 61.4 cm³/mol. The third-order valence-corrected chi connectivity index (χ3v) is 3.64. The lowest BCUT2D eigenvalue weighted by Crippen LogP contribution is -2.47. The van der Waals surface area contributed by atoms with E-state index in [1.165, 1.54) is 0 Å². The molecule has 1 fully saturated rings. The van der Waals surface area contributed by atoms with Crippen LogP contribution in [0.25, 0.3) is 10.9 Å². The van der Waals surface area contributed by atoms with Crippen LogP contribution in [0.2, 0.25) is 0 Å². The van der Waals surface area contributed by atoms with E-state index < -0.39 is 11.5 Å². The lowest BCUT2D eigenvalue weighted by molar-refractivity contribution is -0.152. The molecule has 3 rings (SSSR count). The summed E-state index contributed by atoms with van der Waals surface area (Å²) in [5, 5.41) is 10.5. The molecular weight excluding hydrogens is 202 g/mol. The number of hydrogen-bond donors (Lipinski definition) is 1. The van der Waals surface area contributed by atoms with Crippen LogP contribution in [0.3, 0.4) is 0 Å². The minimum atomic E-state index is -0.708. The van der Waals surface area contributed by atoms with Crippen LogP contribution < -0.4 is 0 Å². The fourth-order valence-corrected chi connectivity index (χ4v) is 2.53. The number of fused-ring (bicyclic) bond motifs is 1. The molecule has 0 amide bonds. The van der Waals surface area contributed by atoms with Crippen molar-refractivity contribution in [3.05, 3.63) is 36.5 Å². The molecule has 2 aromatic rings. The lowest BCUT2D eigenvalue weighted by Gasteiger charge is -2.39. The maximum Gasteiger partial charge on any atom is 0.329 e. The highest BCUT2D eigenvalue weighted by molar-refractivity contribution is 5.85. The summed E-state index contributed by atoms with van der Waals surface area (Å²) in [6.45, 7) is 0. The van der Waals surface area contributed by atoms with E-state index in [1.54, 1.807) is 0 Å². The highest BCUT2D eigenvalue weighted by Gasteiger charge is 2.46. The van der Waals surface area contributed by atoms with Crippen molar-refractivity contribution in [1.29, 1.82) is 0 Å². The summed E-state index contributed by atoms with van der Waals surface area (Å²) in [4.78, 5) is 11.4. The smallest absolute Gasteiger partial charge is 0.329 e. The second-order valence-electron chi connectivity index (χ2n) is 4.43. The minimum Gasteiger partial charge on any atom is -0.479 e. The highest BCUT2D eigenvalue weighted by Crippen LogP contribution is 2.41. The van der Waals surface area contributed by atoms with E-state index in [1.807, 2.05) is 41.1 Å². The van der Waals surface area contributed by atoms with E-state index in [2.05, 4.69) is 0 Å². The summed E-state index contributed by atoms with van der Waals surface area (Å²) in [7, 11) is 0. The molecule has 1 aromatic carbocycles. The third-order valence-electron chi connectivity index (χ3n) is 3.64. The number of carbonyl (C=O) groups is 1. The molecule has 0 radical (unpaired) electrons. The Labute approximate surface area is 93.3 Å². The molecule has 1 aliphatic rings. The van der Waals surface area contributed by atoms with Gasteiger partial charge in [-0.05, 0) is 36.8 Å². The molecule has 0 bridgehead atoms. The van der Waals surface area contributed by atoms with Gasteiger partial charge in [0.25, 0.3) is 0 Å². The van der Waals surface area contributed by atoms with Gasteiger partial charge in [-0.1, -0.05) is 18.2 Å². The van der Waals surface area contributed by atoms with Crippen LogP contribution in [0.5, 0.6) is 0 Å². The van der Waals surface area contributed by atoms with E-state index in [0.29, 0.717) is 0 Å². The first-order chi connectivity index (χ1) is 7.74. The van der Waals surface area contributed by atoms with Gasteiger partial charge >= 0.3 is 5.97 Å². The van der Waals surface area contributed by atoms with Crippen molar-refractivity contribution in [2.24, 2.45) is 0 Å². The van der Waals surface area contributed by atoms with Gasteiger partial charge in [-0.25, -0.2) is 4.79 Å². The Bertz CT molecular complexity index is 552. The lowest BCUT2D eigenvalue weighted by atomic mass is 9.76. The van der Waals surface area contributed by atoms with Crippen LogP contribution in [-0.2, 0) is 10.3 Å². The first kappa shape index (κ1) is 9.46. The van der Waals surface area contributed by atoms with E-state index in [-0.39, 0.29) is 0 Å². The molecule has 0 saturated heterocycles. The summed E-state index contributed by atoms with van der Waals surface area (Å²) in [6.07, 6.45) is 4.37. The Kier molecular flexibility index (Phi) is 1.84. The highest BCUT2D eigenvalue weighted by atomic mass is 16.4. The average molecular weight is 215 g/mol. The van der Waals surface area contributed by atoms with Gasteiger partial charge in [-0.2, -0.15) is 0 Å². The third kappa shape index (κ3) is 1.06. The Morgan fingerprint density at radius 1 is 1.25 bits per heavy atom. The van der Waals surface area contributed by atoms with Gasteiger partial charge in [0.05, 0.1) is 0 Å². The summed E-state index contributed by atoms with van der Waals surface area (Å²) in [6, 6.07) is 9.91. The van der Waals surface area contributed by atoms with Crippen LogP contribution >= 0.6 is 0 Å². The maximum atomic E-state index is 11.4. The first-order valence-electron chi connectivity index (χ1n) is 5.54. The average Bonchev–Trinajstić information content (AvgIpc) is 2.61. The van der Waals surface area contributed by atoms with Crippen LogP contribution in [-0.4, -0.2) is 15.6 Å². The van der Waals surface area contributed by atoms with Crippen molar-refractivity contribution in [2.75, 3.05) is 0 Å². The van der Waals surface area contributed by atoms with Crippen molar-refractivity contribution in [3.8, 4) is 0 Å². The van der Waals surface area contributed by atoms with E-state index >= 15 is 0 Å². The van der Waals surface area contributed by atoms with Gasteiger partial charge in [-0.15, -0.1) is 0 Å². The molecule has 3 nitrogen and oxygen atoms in total. The number of aromatic nitrogens is 1. The molecular formula is C13H13NO2. The van der Waals surface area contributed by atoms with Gasteiger partial charge in [0, 0.05) is 11.7 Å². The number of carboxylic acids is 1. The molecule has 1 N–H and O–H groups in total. The molecule has 82 valence electrons. The topological polar surface area (TPSA) is 42.2 Å². The quantitative estimate of drug-likeness (QED) is 0.836. The summed E-state index contributed by atoms with van der Waals surface area (Å²) >= 11 is 0. The van der Waals surface area contributed by atoms with Gasteiger partial charge < -0.3 is 9.67 Å². The zero-order chi connectivity index (χ0) is 11.2. The number of rotatable bonds is 2. The number of nitrogens with zero attached hydrogens (tertiary/aromatic N) is 1.